The van der Waals surface area contributed by atoms with Crippen LogP contribution in [0.5, 0.6) is 5.75 Å². The zero-order valence-corrected chi connectivity index (χ0v) is 12.9. The lowest BCUT2D eigenvalue weighted by Crippen LogP contribution is -2.55. The van der Waals surface area contributed by atoms with Gasteiger partial charge in [-0.1, -0.05) is 31.5 Å². The van der Waals surface area contributed by atoms with Crippen molar-refractivity contribution in [2.45, 2.75) is 45.1 Å². The van der Waals surface area contributed by atoms with Gasteiger partial charge in [-0.2, -0.15) is 0 Å². The molecule has 4 heteroatoms. The summed E-state index contributed by atoms with van der Waals surface area (Å²) in [5.74, 6) is 0.307. The highest BCUT2D eigenvalue weighted by atomic mass is 16.5. The molecule has 0 amide bonds. The summed E-state index contributed by atoms with van der Waals surface area (Å²) >= 11 is 0. The van der Waals surface area contributed by atoms with Crippen molar-refractivity contribution in [1.29, 1.82) is 0 Å². The van der Waals surface area contributed by atoms with E-state index in [0.29, 0.717) is 19.6 Å². The summed E-state index contributed by atoms with van der Waals surface area (Å²) in [4.78, 5) is 11.7. The molecular weight excluding hydrogens is 266 g/mol. The van der Waals surface area contributed by atoms with Crippen molar-refractivity contribution in [3.63, 3.8) is 0 Å². The molecule has 0 aromatic heterocycles. The second-order valence-electron chi connectivity index (χ2n) is 5.80. The summed E-state index contributed by atoms with van der Waals surface area (Å²) in [5, 5.41) is 12.8. The number of likely N-dealkylation sites (N-methyl/N-ethyl adjacent to an activating group) is 1. The second kappa shape index (κ2) is 6.94. The molecule has 0 aliphatic heterocycles. The van der Waals surface area contributed by atoms with Gasteiger partial charge in [-0.15, -0.1) is 0 Å². The van der Waals surface area contributed by atoms with Gasteiger partial charge in [-0.3, -0.25) is 4.79 Å². The van der Waals surface area contributed by atoms with Crippen molar-refractivity contribution in [2.75, 3.05) is 13.2 Å². The Labute approximate surface area is 126 Å². The van der Waals surface area contributed by atoms with Gasteiger partial charge in [0.05, 0.1) is 6.61 Å². The van der Waals surface area contributed by atoms with E-state index < -0.39 is 11.5 Å². The third kappa shape index (κ3) is 3.38. The number of aryl methyl sites for hydroxylation is 1. The molecule has 1 aromatic carbocycles. The van der Waals surface area contributed by atoms with Gasteiger partial charge in [-0.25, -0.2) is 0 Å². The third-order valence-corrected chi connectivity index (χ3v) is 4.51. The molecule has 0 radical (unpaired) electrons. The topological polar surface area (TPSA) is 58.6 Å². The number of carboxylic acids is 1. The lowest BCUT2D eigenvalue weighted by atomic mass is 9.84. The zero-order valence-electron chi connectivity index (χ0n) is 12.9. The molecule has 1 saturated carbocycles. The van der Waals surface area contributed by atoms with Crippen molar-refractivity contribution >= 4 is 5.97 Å². The maximum absolute atomic E-state index is 11.7. The van der Waals surface area contributed by atoms with Crippen molar-refractivity contribution in [2.24, 2.45) is 5.92 Å². The van der Waals surface area contributed by atoms with Crippen LogP contribution in [0.3, 0.4) is 0 Å². The molecule has 4 nitrogen and oxygen atoms in total. The molecule has 0 spiro atoms. The molecule has 21 heavy (non-hydrogen) atoms. The molecule has 0 heterocycles. The van der Waals surface area contributed by atoms with Crippen LogP contribution in [0.4, 0.5) is 0 Å². The van der Waals surface area contributed by atoms with Crippen LogP contribution in [0.15, 0.2) is 24.3 Å². The summed E-state index contributed by atoms with van der Waals surface area (Å²) < 4.78 is 5.83. The Balaban J connectivity index is 1.95. The number of aliphatic carboxylic acids is 1. The van der Waals surface area contributed by atoms with Crippen molar-refractivity contribution < 1.29 is 14.6 Å². The first-order valence-corrected chi connectivity index (χ1v) is 7.77. The number of nitrogens with one attached hydrogen (secondary N) is 1. The molecule has 2 unspecified atom stereocenters. The second-order valence-corrected chi connectivity index (χ2v) is 5.80. The van der Waals surface area contributed by atoms with E-state index >= 15 is 0 Å². The first kappa shape index (κ1) is 15.8. The number of benzene rings is 1. The van der Waals surface area contributed by atoms with Gasteiger partial charge in [0.25, 0.3) is 0 Å². The molecule has 0 saturated heterocycles. The van der Waals surface area contributed by atoms with Gasteiger partial charge < -0.3 is 15.2 Å². The number of para-hydroxylation sites is 1. The minimum Gasteiger partial charge on any atom is -0.493 e. The average Bonchev–Trinajstić information content (AvgIpc) is 2.86. The zero-order chi connectivity index (χ0) is 15.3. The van der Waals surface area contributed by atoms with Crippen LogP contribution in [0.2, 0.25) is 0 Å². The van der Waals surface area contributed by atoms with Gasteiger partial charge in [0.1, 0.15) is 11.3 Å². The molecule has 116 valence electrons. The van der Waals surface area contributed by atoms with E-state index in [9.17, 15) is 9.90 Å². The van der Waals surface area contributed by atoms with E-state index in [0.717, 1.165) is 30.6 Å². The van der Waals surface area contributed by atoms with Crippen LogP contribution in [-0.2, 0) is 4.79 Å². The normalized spacial score (nSPS) is 25.0. The fourth-order valence-corrected chi connectivity index (χ4v) is 3.40. The van der Waals surface area contributed by atoms with Crippen LogP contribution in [0.25, 0.3) is 0 Å². The standard InChI is InChI=1S/C17H25NO3/c1-3-18-17(16(19)20)11-6-8-14(17)10-12-21-15-9-5-4-7-13(15)2/h4-5,7,9,14,18H,3,6,8,10-12H2,1-2H3,(H,19,20). The first-order chi connectivity index (χ1) is 10.1. The lowest BCUT2D eigenvalue weighted by Gasteiger charge is -2.32. The quantitative estimate of drug-likeness (QED) is 0.811. The highest BCUT2D eigenvalue weighted by Crippen LogP contribution is 2.38. The lowest BCUT2D eigenvalue weighted by molar-refractivity contribution is -0.146. The molecule has 2 N–H and O–H groups in total. The Morgan fingerprint density at radius 3 is 2.90 bits per heavy atom. The van der Waals surface area contributed by atoms with E-state index in [4.69, 9.17) is 4.74 Å². The molecule has 1 aromatic rings. The first-order valence-electron chi connectivity index (χ1n) is 7.77. The van der Waals surface area contributed by atoms with Gasteiger partial charge in [0.2, 0.25) is 0 Å². The molecule has 1 aliphatic rings. The van der Waals surface area contributed by atoms with Crippen LogP contribution in [-0.4, -0.2) is 29.8 Å². The monoisotopic (exact) mass is 291 g/mol. The fourth-order valence-electron chi connectivity index (χ4n) is 3.40. The van der Waals surface area contributed by atoms with E-state index in [1.165, 1.54) is 0 Å². The Bertz CT molecular complexity index is 489. The highest BCUT2D eigenvalue weighted by molar-refractivity contribution is 5.79. The molecule has 2 atom stereocenters. The largest absolute Gasteiger partial charge is 0.493 e. The van der Waals surface area contributed by atoms with Crippen LogP contribution >= 0.6 is 0 Å². The van der Waals surface area contributed by atoms with Crippen molar-refractivity contribution in [3.8, 4) is 5.75 Å². The predicted molar refractivity (Wildman–Crippen MR) is 82.7 cm³/mol. The SMILES string of the molecule is CCNC1(C(=O)O)CCCC1CCOc1ccccc1C. The summed E-state index contributed by atoms with van der Waals surface area (Å²) in [5.41, 5.74) is 0.351. The smallest absolute Gasteiger partial charge is 0.324 e. The molecule has 0 bridgehead atoms. The molecular formula is C17H25NO3. The third-order valence-electron chi connectivity index (χ3n) is 4.51. The van der Waals surface area contributed by atoms with E-state index in [1.807, 2.05) is 38.1 Å². The summed E-state index contributed by atoms with van der Waals surface area (Å²) in [6.07, 6.45) is 3.41. The van der Waals surface area contributed by atoms with Gasteiger partial charge in [0.15, 0.2) is 0 Å². The Kier molecular flexibility index (Phi) is 5.23. The van der Waals surface area contributed by atoms with Gasteiger partial charge >= 0.3 is 5.97 Å². The van der Waals surface area contributed by atoms with E-state index in [1.54, 1.807) is 0 Å². The van der Waals surface area contributed by atoms with Crippen molar-refractivity contribution in [3.05, 3.63) is 29.8 Å². The van der Waals surface area contributed by atoms with E-state index in [2.05, 4.69) is 5.32 Å². The fraction of sp³-hybridized carbons (Fsp3) is 0.588. The number of carbonyl (C=O) groups is 1. The number of hydrogen-bond acceptors (Lipinski definition) is 3. The number of hydrogen-bond donors (Lipinski definition) is 2. The Hall–Kier alpha value is -1.55. The van der Waals surface area contributed by atoms with Crippen molar-refractivity contribution in [1.82, 2.24) is 5.32 Å². The molecule has 1 fully saturated rings. The number of rotatable bonds is 7. The minimum absolute atomic E-state index is 0.138. The average molecular weight is 291 g/mol. The Morgan fingerprint density at radius 1 is 1.48 bits per heavy atom. The van der Waals surface area contributed by atoms with E-state index in [-0.39, 0.29) is 5.92 Å². The highest BCUT2D eigenvalue weighted by Gasteiger charge is 2.48. The maximum Gasteiger partial charge on any atom is 0.324 e. The molecule has 1 aliphatic carbocycles. The summed E-state index contributed by atoms with van der Waals surface area (Å²) in [7, 11) is 0. The maximum atomic E-state index is 11.7. The number of carboxylic acid groups (broad SMARTS) is 1. The number of ether oxygens (including phenoxy) is 1. The van der Waals surface area contributed by atoms with Gasteiger partial charge in [0, 0.05) is 0 Å². The summed E-state index contributed by atoms with van der Waals surface area (Å²) in [6, 6.07) is 7.92. The minimum atomic E-state index is -0.760. The Morgan fingerprint density at radius 2 is 2.24 bits per heavy atom. The predicted octanol–water partition coefficient (Wildman–Crippen LogP) is 3.00. The van der Waals surface area contributed by atoms with Crippen LogP contribution < -0.4 is 10.1 Å². The summed E-state index contributed by atoms with van der Waals surface area (Å²) in [6.45, 7) is 5.23. The van der Waals surface area contributed by atoms with Gasteiger partial charge in [-0.05, 0) is 50.3 Å². The van der Waals surface area contributed by atoms with Crippen LogP contribution in [0.1, 0.15) is 38.2 Å². The molecule has 2 rings (SSSR count). The van der Waals surface area contributed by atoms with Crippen LogP contribution in [0, 0.1) is 12.8 Å².